The van der Waals surface area contributed by atoms with Gasteiger partial charge in [-0.15, -0.1) is 11.8 Å². The fourth-order valence-corrected chi connectivity index (χ4v) is 6.77. The number of nitrogens with zero attached hydrogens (tertiary/aromatic N) is 1. The van der Waals surface area contributed by atoms with Crippen LogP contribution in [0.2, 0.25) is 0 Å². The van der Waals surface area contributed by atoms with Crippen LogP contribution >= 0.6 is 11.8 Å². The first kappa shape index (κ1) is 24.1. The summed E-state index contributed by atoms with van der Waals surface area (Å²) in [6.45, 7) is 3.22. The van der Waals surface area contributed by atoms with Crippen LogP contribution in [0.25, 0.3) is 0 Å². The number of carbonyl (C=O) groups excluding carboxylic acids is 2. The molecule has 4 unspecified atom stereocenters. The minimum absolute atomic E-state index is 0.157. The molecule has 2 aliphatic heterocycles. The van der Waals surface area contributed by atoms with E-state index >= 15 is 0 Å². The average molecular weight is 501 g/mol. The lowest BCUT2D eigenvalue weighted by atomic mass is 9.84. The molecule has 7 heteroatoms. The highest BCUT2D eigenvalue weighted by atomic mass is 32.2. The van der Waals surface area contributed by atoms with Gasteiger partial charge in [-0.3, -0.25) is 9.59 Å². The molecule has 5 rings (SSSR count). The molecule has 3 aromatic carbocycles. The Bertz CT molecular complexity index is 1150. The number of benzene rings is 3. The second-order valence-corrected chi connectivity index (χ2v) is 10.5. The normalized spacial score (nSPS) is 22.0. The van der Waals surface area contributed by atoms with Crippen LogP contribution in [0.5, 0.6) is 0 Å². The highest BCUT2D eigenvalue weighted by Gasteiger charge is 2.54. The number of oxime groups is 1. The average Bonchev–Trinajstić information content (AvgIpc) is 3.33. The van der Waals surface area contributed by atoms with Gasteiger partial charge in [0.05, 0.1) is 15.8 Å². The summed E-state index contributed by atoms with van der Waals surface area (Å²) in [4.78, 5) is 30.6. The van der Waals surface area contributed by atoms with E-state index in [4.69, 9.17) is 9.57 Å². The Morgan fingerprint density at radius 1 is 0.972 bits per heavy atom. The van der Waals surface area contributed by atoms with E-state index < -0.39 is 28.8 Å². The Hall–Kier alpha value is -3.58. The molecule has 0 aliphatic carbocycles. The highest BCUT2D eigenvalue weighted by molar-refractivity contribution is 8.01. The molecule has 3 aromatic rings. The Balaban J connectivity index is 1.59. The molecule has 184 valence electrons. The molecule has 36 heavy (non-hydrogen) atoms. The standard InChI is InChI=1S/C29H28N2O4S/c1-19-18-24(35-31-19)26(34-20(2)32)25-27(33)30-28(25)36-29(21-12-6-3-7-13-21,22-14-8-4-9-15-22)23-16-10-5-11-17-23/h3-17,24-26,28H,18H2,1-2H3,(H,30,33). The van der Waals surface area contributed by atoms with E-state index in [-0.39, 0.29) is 11.3 Å². The van der Waals surface area contributed by atoms with E-state index in [1.165, 1.54) is 6.92 Å². The van der Waals surface area contributed by atoms with Crippen LogP contribution in [0.4, 0.5) is 0 Å². The van der Waals surface area contributed by atoms with Gasteiger partial charge < -0.3 is 14.9 Å². The molecule has 6 nitrogen and oxygen atoms in total. The van der Waals surface area contributed by atoms with Crippen LogP contribution in [0.3, 0.4) is 0 Å². The van der Waals surface area contributed by atoms with E-state index in [0.29, 0.717) is 6.42 Å². The SMILES string of the molecule is CC(=O)OC(C1CC(C)=NO1)C1C(=O)NC1SC(c1ccccc1)(c1ccccc1)c1ccccc1. The van der Waals surface area contributed by atoms with Crippen molar-refractivity contribution in [1.82, 2.24) is 5.32 Å². The first-order valence-corrected chi connectivity index (χ1v) is 12.9. The van der Waals surface area contributed by atoms with Gasteiger partial charge in [-0.2, -0.15) is 0 Å². The van der Waals surface area contributed by atoms with Crippen LogP contribution in [-0.4, -0.2) is 35.2 Å². The summed E-state index contributed by atoms with van der Waals surface area (Å²) in [6.07, 6.45) is -0.720. The third kappa shape index (κ3) is 4.51. The lowest BCUT2D eigenvalue weighted by molar-refractivity contribution is -0.166. The zero-order valence-electron chi connectivity index (χ0n) is 20.2. The first-order chi connectivity index (χ1) is 17.5. The summed E-state index contributed by atoms with van der Waals surface area (Å²) in [6, 6.07) is 30.9. The molecule has 1 N–H and O–H groups in total. The fourth-order valence-electron chi connectivity index (χ4n) is 4.98. The van der Waals surface area contributed by atoms with Crippen molar-refractivity contribution in [3.05, 3.63) is 108 Å². The van der Waals surface area contributed by atoms with Crippen molar-refractivity contribution < 1.29 is 19.2 Å². The number of β-lactam (4-membered cyclic amide) rings is 1. The smallest absolute Gasteiger partial charge is 0.303 e. The molecule has 2 heterocycles. The Morgan fingerprint density at radius 2 is 1.47 bits per heavy atom. The summed E-state index contributed by atoms with van der Waals surface area (Å²) >= 11 is 1.65. The van der Waals surface area contributed by atoms with E-state index in [2.05, 4.69) is 46.9 Å². The molecule has 0 radical (unpaired) electrons. The van der Waals surface area contributed by atoms with Gasteiger partial charge in [0.2, 0.25) is 5.91 Å². The summed E-state index contributed by atoms with van der Waals surface area (Å²) in [5.41, 5.74) is 4.08. The number of amides is 1. The van der Waals surface area contributed by atoms with Gasteiger partial charge in [0.15, 0.2) is 12.2 Å². The van der Waals surface area contributed by atoms with Gasteiger partial charge in [0.1, 0.15) is 5.92 Å². The number of esters is 1. The van der Waals surface area contributed by atoms with Crippen molar-refractivity contribution in [2.24, 2.45) is 11.1 Å². The zero-order chi connectivity index (χ0) is 25.1. The third-order valence-electron chi connectivity index (χ3n) is 6.62. The summed E-state index contributed by atoms with van der Waals surface area (Å²) in [7, 11) is 0. The number of ether oxygens (including phenoxy) is 1. The van der Waals surface area contributed by atoms with Gasteiger partial charge in [0, 0.05) is 13.3 Å². The number of rotatable bonds is 8. The molecule has 0 bridgehead atoms. The van der Waals surface area contributed by atoms with Crippen LogP contribution in [0.15, 0.2) is 96.2 Å². The second kappa shape index (κ2) is 10.2. The van der Waals surface area contributed by atoms with Crippen LogP contribution in [0.1, 0.15) is 37.0 Å². The number of hydrogen-bond acceptors (Lipinski definition) is 6. The number of thioether (sulfide) groups is 1. The predicted octanol–water partition coefficient (Wildman–Crippen LogP) is 4.88. The van der Waals surface area contributed by atoms with Gasteiger partial charge in [-0.1, -0.05) is 96.2 Å². The summed E-state index contributed by atoms with van der Waals surface area (Å²) < 4.78 is 5.09. The van der Waals surface area contributed by atoms with Crippen molar-refractivity contribution in [2.45, 2.75) is 42.6 Å². The first-order valence-electron chi connectivity index (χ1n) is 12.0. The molecule has 0 saturated carbocycles. The Kier molecular flexibility index (Phi) is 6.83. The molecule has 0 spiro atoms. The quantitative estimate of drug-likeness (QED) is 0.271. The molecule has 1 fully saturated rings. The van der Waals surface area contributed by atoms with Crippen molar-refractivity contribution in [3.63, 3.8) is 0 Å². The molecule has 1 saturated heterocycles. The largest absolute Gasteiger partial charge is 0.458 e. The molecule has 0 aromatic heterocycles. The van der Waals surface area contributed by atoms with Crippen molar-refractivity contribution in [1.29, 1.82) is 0 Å². The van der Waals surface area contributed by atoms with E-state index in [1.807, 2.05) is 61.5 Å². The minimum atomic E-state index is -0.741. The molecule has 2 aliphatic rings. The summed E-state index contributed by atoms with van der Waals surface area (Å²) in [5, 5.41) is 6.80. The fraction of sp³-hybridized carbons (Fsp3) is 0.276. The second-order valence-electron chi connectivity index (χ2n) is 9.10. The van der Waals surface area contributed by atoms with E-state index in [9.17, 15) is 9.59 Å². The van der Waals surface area contributed by atoms with Crippen molar-refractivity contribution in [2.75, 3.05) is 0 Å². The molecule has 1 amide bonds. The third-order valence-corrected chi connectivity index (χ3v) is 8.35. The summed E-state index contributed by atoms with van der Waals surface area (Å²) in [5.74, 6) is -1.19. The topological polar surface area (TPSA) is 77.0 Å². The van der Waals surface area contributed by atoms with Gasteiger partial charge in [-0.25, -0.2) is 0 Å². The number of hydrogen-bond donors (Lipinski definition) is 1. The Morgan fingerprint density at radius 3 is 1.86 bits per heavy atom. The minimum Gasteiger partial charge on any atom is -0.458 e. The number of carbonyl (C=O) groups is 2. The maximum Gasteiger partial charge on any atom is 0.303 e. The lowest BCUT2D eigenvalue weighted by Gasteiger charge is -2.46. The molecular weight excluding hydrogens is 472 g/mol. The van der Waals surface area contributed by atoms with Crippen molar-refractivity contribution in [3.8, 4) is 0 Å². The molecular formula is C29H28N2O4S. The van der Waals surface area contributed by atoms with Gasteiger partial charge in [0.25, 0.3) is 0 Å². The Labute approximate surface area is 215 Å². The van der Waals surface area contributed by atoms with Crippen LogP contribution in [-0.2, 0) is 23.9 Å². The van der Waals surface area contributed by atoms with E-state index in [1.54, 1.807) is 11.8 Å². The van der Waals surface area contributed by atoms with Gasteiger partial charge in [-0.05, 0) is 23.6 Å². The van der Waals surface area contributed by atoms with Crippen LogP contribution < -0.4 is 5.32 Å². The zero-order valence-corrected chi connectivity index (χ0v) is 21.0. The maximum atomic E-state index is 13.0. The highest BCUT2D eigenvalue weighted by Crippen LogP contribution is 2.53. The number of nitrogens with one attached hydrogen (secondary N) is 1. The lowest BCUT2D eigenvalue weighted by Crippen LogP contribution is -2.64. The monoisotopic (exact) mass is 500 g/mol. The van der Waals surface area contributed by atoms with E-state index in [0.717, 1.165) is 22.4 Å². The van der Waals surface area contributed by atoms with Gasteiger partial charge >= 0.3 is 5.97 Å². The maximum absolute atomic E-state index is 13.0. The molecule has 4 atom stereocenters. The van der Waals surface area contributed by atoms with Crippen molar-refractivity contribution >= 4 is 29.4 Å². The van der Waals surface area contributed by atoms with Crippen LogP contribution in [0, 0.1) is 5.92 Å². The predicted molar refractivity (Wildman–Crippen MR) is 140 cm³/mol.